The molecule has 1 unspecified atom stereocenters. The van der Waals surface area contributed by atoms with Crippen molar-refractivity contribution in [2.75, 3.05) is 13.1 Å². The Hall–Kier alpha value is -1.72. The zero-order valence-electron chi connectivity index (χ0n) is 8.36. The van der Waals surface area contributed by atoms with Crippen molar-refractivity contribution in [1.29, 1.82) is 0 Å². The average Bonchev–Trinajstić information content (AvgIpc) is 2.25. The molecular formula is C9H12N2O4. The smallest absolute Gasteiger partial charge is 0.246 e. The predicted octanol–water partition coefficient (Wildman–Crippen LogP) is -1.30. The average molecular weight is 212 g/mol. The van der Waals surface area contributed by atoms with E-state index < -0.39 is 17.7 Å². The van der Waals surface area contributed by atoms with Crippen LogP contribution in [0.5, 0.6) is 0 Å². The first-order chi connectivity index (χ1) is 7.02. The third-order valence-electron chi connectivity index (χ3n) is 2.02. The number of hydrogen-bond donors (Lipinski definition) is 1. The molecule has 1 aliphatic rings. The van der Waals surface area contributed by atoms with Crippen LogP contribution in [0.15, 0.2) is 0 Å². The summed E-state index contributed by atoms with van der Waals surface area (Å²) in [4.78, 5) is 45.1. The molecule has 0 aromatic heterocycles. The predicted molar refractivity (Wildman–Crippen MR) is 49.6 cm³/mol. The summed E-state index contributed by atoms with van der Waals surface area (Å²) in [6.45, 7) is 1.65. The second kappa shape index (κ2) is 4.68. The van der Waals surface area contributed by atoms with Crippen LogP contribution < -0.4 is 5.32 Å². The van der Waals surface area contributed by atoms with Crippen molar-refractivity contribution < 1.29 is 19.2 Å². The van der Waals surface area contributed by atoms with Gasteiger partial charge >= 0.3 is 0 Å². The van der Waals surface area contributed by atoms with Crippen molar-refractivity contribution in [3.05, 3.63) is 0 Å². The summed E-state index contributed by atoms with van der Waals surface area (Å²) in [6, 6.07) is 0. The van der Waals surface area contributed by atoms with Gasteiger partial charge in [0.05, 0.1) is 6.54 Å². The molecule has 0 bridgehead atoms. The Morgan fingerprint density at radius 3 is 2.67 bits per heavy atom. The molecule has 0 aromatic rings. The molecule has 6 nitrogen and oxygen atoms in total. The number of aldehydes is 1. The van der Waals surface area contributed by atoms with E-state index in [-0.39, 0.29) is 25.4 Å². The largest absolute Gasteiger partial charge is 0.332 e. The SMILES string of the molecule is CC(C=O)CN1CC(=O)NC(=O)CC1=O. The van der Waals surface area contributed by atoms with Crippen molar-refractivity contribution in [3.63, 3.8) is 0 Å². The molecule has 1 heterocycles. The van der Waals surface area contributed by atoms with Gasteiger partial charge in [-0.25, -0.2) is 0 Å². The highest BCUT2D eigenvalue weighted by atomic mass is 16.2. The van der Waals surface area contributed by atoms with E-state index >= 15 is 0 Å². The Labute approximate surface area is 86.6 Å². The molecule has 0 aliphatic carbocycles. The molecule has 1 saturated heterocycles. The monoisotopic (exact) mass is 212 g/mol. The number of carbonyl (C=O) groups is 4. The molecule has 0 aromatic carbocycles. The van der Waals surface area contributed by atoms with Gasteiger partial charge in [-0.1, -0.05) is 6.92 Å². The molecule has 3 amide bonds. The number of carbonyl (C=O) groups excluding carboxylic acids is 4. The van der Waals surface area contributed by atoms with Crippen molar-refractivity contribution in [3.8, 4) is 0 Å². The van der Waals surface area contributed by atoms with Crippen LogP contribution in [-0.4, -0.2) is 42.0 Å². The Kier molecular flexibility index (Phi) is 3.54. The van der Waals surface area contributed by atoms with Crippen LogP contribution in [0, 0.1) is 5.92 Å². The minimum atomic E-state index is -0.591. The van der Waals surface area contributed by atoms with Gasteiger partial charge in [-0.15, -0.1) is 0 Å². The van der Waals surface area contributed by atoms with Crippen LogP contribution >= 0.6 is 0 Å². The molecule has 6 heteroatoms. The summed E-state index contributed by atoms with van der Waals surface area (Å²) >= 11 is 0. The van der Waals surface area contributed by atoms with Gasteiger partial charge in [0.15, 0.2) is 0 Å². The topological polar surface area (TPSA) is 83.6 Å². The Morgan fingerprint density at radius 2 is 2.07 bits per heavy atom. The Bertz CT molecular complexity index is 313. The lowest BCUT2D eigenvalue weighted by Crippen LogP contribution is -2.38. The third-order valence-corrected chi connectivity index (χ3v) is 2.02. The maximum absolute atomic E-state index is 11.4. The highest BCUT2D eigenvalue weighted by Gasteiger charge is 2.26. The van der Waals surface area contributed by atoms with Gasteiger partial charge in [0.25, 0.3) is 0 Å². The van der Waals surface area contributed by atoms with Crippen molar-refractivity contribution >= 4 is 24.0 Å². The fourth-order valence-electron chi connectivity index (χ4n) is 1.31. The van der Waals surface area contributed by atoms with E-state index in [1.165, 1.54) is 4.90 Å². The summed E-state index contributed by atoms with van der Waals surface area (Å²) in [5.41, 5.74) is 0. The molecule has 15 heavy (non-hydrogen) atoms. The summed E-state index contributed by atoms with van der Waals surface area (Å²) in [7, 11) is 0. The number of hydrogen-bond acceptors (Lipinski definition) is 4. The first-order valence-corrected chi connectivity index (χ1v) is 4.58. The van der Waals surface area contributed by atoms with E-state index in [0.29, 0.717) is 6.29 Å². The number of rotatable bonds is 3. The van der Waals surface area contributed by atoms with Gasteiger partial charge in [0.1, 0.15) is 12.7 Å². The van der Waals surface area contributed by atoms with Crippen molar-refractivity contribution in [2.45, 2.75) is 13.3 Å². The summed E-state index contributed by atoms with van der Waals surface area (Å²) in [6.07, 6.45) is 0.370. The standard InChI is InChI=1S/C9H12N2O4/c1-6(5-12)3-11-4-8(14)10-7(13)2-9(11)15/h5-6H,2-4H2,1H3,(H,10,13,14). The quantitative estimate of drug-likeness (QED) is 0.358. The van der Waals surface area contributed by atoms with E-state index in [9.17, 15) is 19.2 Å². The summed E-state index contributed by atoms with van der Waals surface area (Å²) in [5, 5.41) is 2.06. The lowest BCUT2D eigenvalue weighted by atomic mass is 10.2. The molecule has 0 saturated carbocycles. The molecule has 1 fully saturated rings. The second-order valence-corrected chi connectivity index (χ2v) is 3.54. The molecule has 0 spiro atoms. The van der Waals surface area contributed by atoms with Crippen molar-refractivity contribution in [2.24, 2.45) is 5.92 Å². The first kappa shape index (κ1) is 11.4. The van der Waals surface area contributed by atoms with E-state index in [1.807, 2.05) is 0 Å². The summed E-state index contributed by atoms with van der Waals surface area (Å²) in [5.74, 6) is -1.86. The summed E-state index contributed by atoms with van der Waals surface area (Å²) < 4.78 is 0. The fourth-order valence-corrected chi connectivity index (χ4v) is 1.31. The normalized spacial score (nSPS) is 19.5. The lowest BCUT2D eigenvalue weighted by molar-refractivity contribution is -0.135. The van der Waals surface area contributed by atoms with E-state index in [1.54, 1.807) is 6.92 Å². The van der Waals surface area contributed by atoms with Crippen LogP contribution in [-0.2, 0) is 19.2 Å². The maximum Gasteiger partial charge on any atom is 0.246 e. The number of imide groups is 1. The van der Waals surface area contributed by atoms with Gasteiger partial charge in [-0.2, -0.15) is 0 Å². The minimum absolute atomic E-state index is 0.164. The Balaban J connectivity index is 2.69. The van der Waals surface area contributed by atoms with Crippen LogP contribution in [0.25, 0.3) is 0 Å². The zero-order chi connectivity index (χ0) is 11.4. The molecule has 1 N–H and O–H groups in total. The van der Waals surface area contributed by atoms with Gasteiger partial charge < -0.3 is 9.69 Å². The van der Waals surface area contributed by atoms with Gasteiger partial charge in [0.2, 0.25) is 17.7 Å². The van der Waals surface area contributed by atoms with E-state index in [4.69, 9.17) is 0 Å². The van der Waals surface area contributed by atoms with E-state index in [2.05, 4.69) is 5.32 Å². The molecule has 1 rings (SSSR count). The van der Waals surface area contributed by atoms with Crippen LogP contribution in [0.4, 0.5) is 0 Å². The maximum atomic E-state index is 11.4. The van der Waals surface area contributed by atoms with Crippen molar-refractivity contribution in [1.82, 2.24) is 10.2 Å². The molecular weight excluding hydrogens is 200 g/mol. The lowest BCUT2D eigenvalue weighted by Gasteiger charge is -2.20. The minimum Gasteiger partial charge on any atom is -0.332 e. The third kappa shape index (κ3) is 3.16. The van der Waals surface area contributed by atoms with Gasteiger partial charge in [0, 0.05) is 12.5 Å². The molecule has 82 valence electrons. The number of nitrogens with zero attached hydrogens (tertiary/aromatic N) is 1. The molecule has 1 aliphatic heterocycles. The van der Waals surface area contributed by atoms with Crippen LogP contribution in [0.1, 0.15) is 13.3 Å². The van der Waals surface area contributed by atoms with Gasteiger partial charge in [-0.3, -0.25) is 19.7 Å². The highest BCUT2D eigenvalue weighted by molar-refractivity contribution is 6.07. The molecule has 0 radical (unpaired) electrons. The van der Waals surface area contributed by atoms with E-state index in [0.717, 1.165) is 0 Å². The number of amides is 3. The molecule has 1 atom stereocenters. The second-order valence-electron chi connectivity index (χ2n) is 3.54. The highest BCUT2D eigenvalue weighted by Crippen LogP contribution is 2.03. The van der Waals surface area contributed by atoms with Crippen LogP contribution in [0.2, 0.25) is 0 Å². The van der Waals surface area contributed by atoms with Crippen LogP contribution in [0.3, 0.4) is 0 Å². The van der Waals surface area contributed by atoms with Gasteiger partial charge in [-0.05, 0) is 0 Å². The zero-order valence-corrected chi connectivity index (χ0v) is 8.36. The number of nitrogens with one attached hydrogen (secondary N) is 1. The fraction of sp³-hybridized carbons (Fsp3) is 0.556. The Morgan fingerprint density at radius 1 is 1.40 bits per heavy atom. The first-order valence-electron chi connectivity index (χ1n) is 4.58.